The lowest BCUT2D eigenvalue weighted by Gasteiger charge is -2.05. The van der Waals surface area contributed by atoms with Crippen LogP contribution in [0.5, 0.6) is 11.5 Å². The van der Waals surface area contributed by atoms with E-state index in [4.69, 9.17) is 19.7 Å². The summed E-state index contributed by atoms with van der Waals surface area (Å²) in [5.41, 5.74) is 8.02. The Hall–Kier alpha value is -3.88. The monoisotopic (exact) mass is 378 g/mol. The second-order valence-corrected chi connectivity index (χ2v) is 5.82. The quantitative estimate of drug-likeness (QED) is 0.545. The number of rotatable bonds is 6. The lowest BCUT2D eigenvalue weighted by atomic mass is 10.2. The van der Waals surface area contributed by atoms with Crippen LogP contribution >= 0.6 is 0 Å². The van der Waals surface area contributed by atoms with E-state index in [1.807, 2.05) is 49.4 Å². The molecule has 0 bridgehead atoms. The van der Waals surface area contributed by atoms with Crippen LogP contribution in [0.25, 0.3) is 28.7 Å². The van der Waals surface area contributed by atoms with E-state index in [1.165, 1.54) is 4.68 Å². The fourth-order valence-corrected chi connectivity index (χ4v) is 2.68. The van der Waals surface area contributed by atoms with Gasteiger partial charge in [-0.05, 0) is 43.3 Å². The SMILES string of the molecule is CCOc1ccc(-c2noc(-c3nnn(-c4cccc(OC)c4)c3N)n2)cc1. The molecule has 0 aliphatic heterocycles. The van der Waals surface area contributed by atoms with E-state index >= 15 is 0 Å². The van der Waals surface area contributed by atoms with Gasteiger partial charge in [-0.1, -0.05) is 16.4 Å². The smallest absolute Gasteiger partial charge is 0.282 e. The molecule has 2 N–H and O–H groups in total. The maximum absolute atomic E-state index is 6.21. The minimum Gasteiger partial charge on any atom is -0.497 e. The summed E-state index contributed by atoms with van der Waals surface area (Å²) in [5.74, 6) is 2.36. The number of hydrogen-bond acceptors (Lipinski definition) is 8. The lowest BCUT2D eigenvalue weighted by molar-refractivity contribution is 0.340. The number of hydrogen-bond donors (Lipinski definition) is 1. The standard InChI is InChI=1S/C19H18N6O3/c1-3-27-14-9-7-12(8-10-14)18-21-19(28-23-18)16-17(20)25(24-22-16)13-5-4-6-15(11-13)26-2/h4-11H,3,20H2,1-2H3. The molecular weight excluding hydrogens is 360 g/mol. The predicted octanol–water partition coefficient (Wildman–Crippen LogP) is 2.97. The number of anilines is 1. The molecule has 0 radical (unpaired) electrons. The van der Waals surface area contributed by atoms with Gasteiger partial charge in [0.15, 0.2) is 11.5 Å². The Labute approximate surface area is 160 Å². The van der Waals surface area contributed by atoms with Gasteiger partial charge in [0, 0.05) is 11.6 Å². The van der Waals surface area contributed by atoms with Gasteiger partial charge >= 0.3 is 0 Å². The second kappa shape index (κ2) is 7.39. The van der Waals surface area contributed by atoms with Crippen LogP contribution in [0.4, 0.5) is 5.82 Å². The maximum atomic E-state index is 6.21. The second-order valence-electron chi connectivity index (χ2n) is 5.82. The van der Waals surface area contributed by atoms with Crippen LogP contribution < -0.4 is 15.2 Å². The Bertz CT molecular complexity index is 1090. The zero-order valence-electron chi connectivity index (χ0n) is 15.4. The van der Waals surface area contributed by atoms with Crippen molar-refractivity contribution in [3.8, 4) is 40.2 Å². The summed E-state index contributed by atoms with van der Waals surface area (Å²) < 4.78 is 17.5. The minimum atomic E-state index is 0.190. The summed E-state index contributed by atoms with van der Waals surface area (Å²) in [6.07, 6.45) is 0. The van der Waals surface area contributed by atoms with Gasteiger partial charge in [-0.25, -0.2) is 0 Å². The topological polar surface area (TPSA) is 114 Å². The van der Waals surface area contributed by atoms with Gasteiger partial charge in [-0.15, -0.1) is 5.10 Å². The van der Waals surface area contributed by atoms with Crippen LogP contribution in [0.15, 0.2) is 53.1 Å². The van der Waals surface area contributed by atoms with Gasteiger partial charge in [0.05, 0.1) is 19.4 Å². The van der Waals surface area contributed by atoms with E-state index in [-0.39, 0.29) is 11.7 Å². The molecule has 2 heterocycles. The van der Waals surface area contributed by atoms with Gasteiger partial charge in [-0.2, -0.15) is 9.67 Å². The normalized spacial score (nSPS) is 10.8. The maximum Gasteiger partial charge on any atom is 0.282 e. The molecular formula is C19H18N6O3. The molecule has 142 valence electrons. The van der Waals surface area contributed by atoms with Crippen LogP contribution in [0, 0.1) is 0 Å². The number of aromatic nitrogens is 5. The molecule has 0 saturated heterocycles. The van der Waals surface area contributed by atoms with E-state index in [1.54, 1.807) is 13.2 Å². The third-order valence-corrected chi connectivity index (χ3v) is 4.05. The van der Waals surface area contributed by atoms with Crippen molar-refractivity contribution in [2.45, 2.75) is 6.92 Å². The number of nitrogen functional groups attached to an aromatic ring is 1. The first-order chi connectivity index (χ1) is 13.7. The molecule has 28 heavy (non-hydrogen) atoms. The molecule has 0 atom stereocenters. The Morgan fingerprint density at radius 3 is 2.68 bits per heavy atom. The average molecular weight is 378 g/mol. The molecule has 0 saturated carbocycles. The summed E-state index contributed by atoms with van der Waals surface area (Å²) in [6.45, 7) is 2.54. The van der Waals surface area contributed by atoms with Crippen molar-refractivity contribution < 1.29 is 14.0 Å². The van der Waals surface area contributed by atoms with Gasteiger partial charge in [0.25, 0.3) is 5.89 Å². The average Bonchev–Trinajstić information content (AvgIpc) is 3.35. The highest BCUT2D eigenvalue weighted by molar-refractivity contribution is 5.66. The Balaban J connectivity index is 1.63. The first-order valence-electron chi connectivity index (χ1n) is 8.62. The number of nitrogens with zero attached hydrogens (tertiary/aromatic N) is 5. The molecule has 0 fully saturated rings. The minimum absolute atomic E-state index is 0.190. The Morgan fingerprint density at radius 2 is 1.93 bits per heavy atom. The molecule has 2 aromatic carbocycles. The summed E-state index contributed by atoms with van der Waals surface area (Å²) in [6, 6.07) is 14.7. The van der Waals surface area contributed by atoms with E-state index in [0.717, 1.165) is 11.3 Å². The fourth-order valence-electron chi connectivity index (χ4n) is 2.68. The van der Waals surface area contributed by atoms with Crippen LogP contribution in [-0.2, 0) is 0 Å². The first-order valence-corrected chi connectivity index (χ1v) is 8.62. The lowest BCUT2D eigenvalue weighted by Crippen LogP contribution is -2.02. The number of ether oxygens (including phenoxy) is 2. The van der Waals surface area contributed by atoms with Crippen LogP contribution in [0.1, 0.15) is 6.92 Å². The van der Waals surface area contributed by atoms with Crippen molar-refractivity contribution in [2.75, 3.05) is 19.5 Å². The van der Waals surface area contributed by atoms with Crippen molar-refractivity contribution in [1.82, 2.24) is 25.1 Å². The molecule has 0 unspecified atom stereocenters. The number of benzene rings is 2. The highest BCUT2D eigenvalue weighted by atomic mass is 16.5. The van der Waals surface area contributed by atoms with E-state index in [0.29, 0.717) is 29.6 Å². The van der Waals surface area contributed by atoms with E-state index in [9.17, 15) is 0 Å². The molecule has 9 nitrogen and oxygen atoms in total. The fraction of sp³-hybridized carbons (Fsp3) is 0.158. The van der Waals surface area contributed by atoms with Crippen molar-refractivity contribution in [1.29, 1.82) is 0 Å². The molecule has 4 aromatic rings. The largest absolute Gasteiger partial charge is 0.497 e. The number of methoxy groups -OCH3 is 1. The third-order valence-electron chi connectivity index (χ3n) is 4.05. The van der Waals surface area contributed by atoms with Crippen LogP contribution in [-0.4, -0.2) is 38.9 Å². The Kier molecular flexibility index (Phi) is 4.63. The molecule has 0 spiro atoms. The van der Waals surface area contributed by atoms with Crippen LogP contribution in [0.2, 0.25) is 0 Å². The van der Waals surface area contributed by atoms with Crippen molar-refractivity contribution >= 4 is 5.82 Å². The summed E-state index contributed by atoms with van der Waals surface area (Å²) in [5, 5.41) is 12.2. The summed E-state index contributed by atoms with van der Waals surface area (Å²) in [7, 11) is 1.59. The van der Waals surface area contributed by atoms with Gasteiger partial charge in [0.1, 0.15) is 11.5 Å². The molecule has 4 rings (SSSR count). The Morgan fingerprint density at radius 1 is 1.11 bits per heavy atom. The zero-order valence-corrected chi connectivity index (χ0v) is 15.4. The third kappa shape index (κ3) is 3.25. The molecule has 0 aliphatic rings. The van der Waals surface area contributed by atoms with Gasteiger partial charge < -0.3 is 19.7 Å². The molecule has 2 aromatic heterocycles. The first kappa shape index (κ1) is 17.5. The summed E-state index contributed by atoms with van der Waals surface area (Å²) >= 11 is 0. The van der Waals surface area contributed by atoms with Gasteiger partial charge in [0.2, 0.25) is 5.82 Å². The van der Waals surface area contributed by atoms with Crippen molar-refractivity contribution in [3.05, 3.63) is 48.5 Å². The van der Waals surface area contributed by atoms with Gasteiger partial charge in [-0.3, -0.25) is 0 Å². The highest BCUT2D eigenvalue weighted by Crippen LogP contribution is 2.28. The highest BCUT2D eigenvalue weighted by Gasteiger charge is 2.20. The zero-order chi connectivity index (χ0) is 19.5. The van der Waals surface area contributed by atoms with E-state index in [2.05, 4.69) is 20.5 Å². The number of nitrogens with two attached hydrogens (primary N) is 1. The molecule has 9 heteroatoms. The predicted molar refractivity (Wildman–Crippen MR) is 102 cm³/mol. The summed E-state index contributed by atoms with van der Waals surface area (Å²) in [4.78, 5) is 4.39. The van der Waals surface area contributed by atoms with Crippen molar-refractivity contribution in [3.63, 3.8) is 0 Å². The van der Waals surface area contributed by atoms with Crippen molar-refractivity contribution in [2.24, 2.45) is 0 Å². The molecule has 0 aliphatic carbocycles. The van der Waals surface area contributed by atoms with E-state index < -0.39 is 0 Å². The molecule has 0 amide bonds. The van der Waals surface area contributed by atoms with Crippen LogP contribution in [0.3, 0.4) is 0 Å².